The Bertz CT molecular complexity index is 1300. The maximum atomic E-state index is 13.5. The summed E-state index contributed by atoms with van der Waals surface area (Å²) in [6.45, 7) is -0.577. The molecule has 5 rings (SSSR count). The molecule has 0 aliphatic heterocycles. The highest BCUT2D eigenvalue weighted by atomic mass is 19.1. The summed E-state index contributed by atoms with van der Waals surface area (Å²) in [6, 6.07) is 18.7. The number of nitrogens with one attached hydrogen (secondary N) is 2. The minimum absolute atomic E-state index is 0.469. The Hall–Kier alpha value is -3.87. The molecule has 2 N–H and O–H groups in total. The summed E-state index contributed by atoms with van der Waals surface area (Å²) in [5, 5.41) is 12.2. The lowest BCUT2D eigenvalue weighted by Crippen LogP contribution is -2.01. The Labute approximate surface area is 159 Å². The first kappa shape index (κ1) is 16.3. The van der Waals surface area contributed by atoms with E-state index >= 15 is 0 Å². The van der Waals surface area contributed by atoms with Gasteiger partial charge in [0, 0.05) is 17.1 Å². The number of H-pyrrole nitrogens is 1. The monoisotopic (exact) mass is 370 g/mol. The molecule has 0 bridgehead atoms. The molecule has 2 aromatic carbocycles. The van der Waals surface area contributed by atoms with Crippen LogP contribution in [0.25, 0.3) is 33.3 Å². The van der Waals surface area contributed by atoms with Crippen molar-refractivity contribution in [2.75, 3.05) is 5.32 Å². The topological polar surface area (TPSA) is 79.4 Å². The van der Waals surface area contributed by atoms with Gasteiger partial charge in [0.15, 0.2) is 11.5 Å². The third-order valence-corrected chi connectivity index (χ3v) is 4.58. The smallest absolute Gasteiger partial charge is 0.183 e. The van der Waals surface area contributed by atoms with Gasteiger partial charge in [-0.1, -0.05) is 36.4 Å². The maximum Gasteiger partial charge on any atom is 0.183 e. The minimum atomic E-state index is -0.577. The number of aromatic nitrogens is 5. The van der Waals surface area contributed by atoms with Gasteiger partial charge in [0.25, 0.3) is 0 Å². The lowest BCUT2D eigenvalue weighted by molar-refractivity contribution is 0.486. The quantitative estimate of drug-likeness (QED) is 0.476. The molecule has 5 aromatic rings. The third kappa shape index (κ3) is 2.73. The number of hydrogen-bond donors (Lipinski definition) is 2. The van der Waals surface area contributed by atoms with Crippen molar-refractivity contribution in [2.45, 2.75) is 6.67 Å². The van der Waals surface area contributed by atoms with Crippen molar-refractivity contribution in [3.63, 3.8) is 0 Å². The van der Waals surface area contributed by atoms with Gasteiger partial charge in [0.2, 0.25) is 0 Å². The molecule has 0 atom stereocenters. The van der Waals surface area contributed by atoms with Crippen molar-refractivity contribution >= 4 is 33.6 Å². The highest BCUT2D eigenvalue weighted by molar-refractivity contribution is 5.96. The van der Waals surface area contributed by atoms with E-state index in [1.807, 2.05) is 54.6 Å². The zero-order valence-corrected chi connectivity index (χ0v) is 14.7. The van der Waals surface area contributed by atoms with Gasteiger partial charge in [0.05, 0.1) is 10.9 Å². The number of benzene rings is 2. The number of alkyl halides is 1. The Morgan fingerprint density at radius 1 is 0.893 bits per heavy atom. The third-order valence-electron chi connectivity index (χ3n) is 4.58. The maximum absolute atomic E-state index is 13.5. The van der Waals surface area contributed by atoms with Crippen molar-refractivity contribution in [3.8, 4) is 11.4 Å². The average molecular weight is 370 g/mol. The molecule has 7 heteroatoms. The Morgan fingerprint density at radius 2 is 1.71 bits per heavy atom. The number of pyridine rings is 1. The number of rotatable bonds is 4. The molecule has 0 aliphatic carbocycles. The van der Waals surface area contributed by atoms with Crippen molar-refractivity contribution in [1.82, 2.24) is 25.1 Å². The van der Waals surface area contributed by atoms with Crippen LogP contribution >= 0.6 is 0 Å². The van der Waals surface area contributed by atoms with E-state index in [-0.39, 0.29) is 0 Å². The largest absolute Gasteiger partial charge is 0.324 e. The summed E-state index contributed by atoms with van der Waals surface area (Å²) in [7, 11) is 0. The summed E-state index contributed by atoms with van der Waals surface area (Å²) in [5.74, 6) is 1.77. The highest BCUT2D eigenvalue weighted by Gasteiger charge is 2.14. The van der Waals surface area contributed by atoms with E-state index in [2.05, 4.69) is 25.5 Å². The molecule has 6 nitrogen and oxygen atoms in total. The number of aromatic amines is 1. The van der Waals surface area contributed by atoms with Crippen molar-refractivity contribution in [2.24, 2.45) is 0 Å². The van der Waals surface area contributed by atoms with E-state index < -0.39 is 6.67 Å². The van der Waals surface area contributed by atoms with Gasteiger partial charge in [-0.15, -0.1) is 0 Å². The molecule has 136 valence electrons. The van der Waals surface area contributed by atoms with E-state index in [0.717, 1.165) is 16.3 Å². The SMILES string of the molecule is FCc1ccccc1-c1nc(Nc2[nH]nc3ncccc23)c2ccccc2n1. The van der Waals surface area contributed by atoms with Crippen LogP contribution in [0, 0.1) is 0 Å². The Balaban J connectivity index is 1.69. The second-order valence-corrected chi connectivity index (χ2v) is 6.30. The number of hydrogen-bond acceptors (Lipinski definition) is 5. The molecule has 0 spiro atoms. The molecule has 3 heterocycles. The number of para-hydroxylation sites is 1. The first-order valence-electron chi connectivity index (χ1n) is 8.80. The van der Waals surface area contributed by atoms with Crippen LogP contribution in [0.5, 0.6) is 0 Å². The molecule has 0 fully saturated rings. The summed E-state index contributed by atoms with van der Waals surface area (Å²) >= 11 is 0. The summed E-state index contributed by atoms with van der Waals surface area (Å²) in [6.07, 6.45) is 1.69. The lowest BCUT2D eigenvalue weighted by Gasteiger charge is -2.11. The molecule has 0 saturated heterocycles. The summed E-state index contributed by atoms with van der Waals surface area (Å²) in [5.41, 5.74) is 2.62. The molecule has 0 radical (unpaired) electrons. The second kappa shape index (κ2) is 6.70. The summed E-state index contributed by atoms with van der Waals surface area (Å²) < 4.78 is 13.5. The molecule has 3 aromatic heterocycles. The van der Waals surface area contributed by atoms with Crippen molar-refractivity contribution < 1.29 is 4.39 Å². The van der Waals surface area contributed by atoms with E-state index in [9.17, 15) is 4.39 Å². The summed E-state index contributed by atoms with van der Waals surface area (Å²) in [4.78, 5) is 13.6. The van der Waals surface area contributed by atoms with Gasteiger partial charge < -0.3 is 5.32 Å². The van der Waals surface area contributed by atoms with Crippen molar-refractivity contribution in [1.29, 1.82) is 0 Å². The minimum Gasteiger partial charge on any atom is -0.324 e. The molecule has 0 aliphatic rings. The number of nitrogens with zero attached hydrogens (tertiary/aromatic N) is 4. The van der Waals surface area contributed by atoms with Crippen LogP contribution < -0.4 is 5.32 Å². The van der Waals surface area contributed by atoms with Crippen LogP contribution in [0.3, 0.4) is 0 Å². The number of fused-ring (bicyclic) bond motifs is 2. The van der Waals surface area contributed by atoms with Gasteiger partial charge >= 0.3 is 0 Å². The van der Waals surface area contributed by atoms with Crippen LogP contribution in [0.15, 0.2) is 66.9 Å². The number of anilines is 2. The normalized spacial score (nSPS) is 11.2. The fraction of sp³-hybridized carbons (Fsp3) is 0.0476. The molecule has 0 amide bonds. The zero-order valence-electron chi connectivity index (χ0n) is 14.7. The van der Waals surface area contributed by atoms with Crippen molar-refractivity contribution in [3.05, 3.63) is 72.4 Å². The van der Waals surface area contributed by atoms with Gasteiger partial charge in [-0.25, -0.2) is 19.3 Å². The molecule has 28 heavy (non-hydrogen) atoms. The van der Waals surface area contributed by atoms with Crippen LogP contribution in [-0.2, 0) is 6.67 Å². The van der Waals surface area contributed by atoms with Crippen LogP contribution in [0.2, 0.25) is 0 Å². The van der Waals surface area contributed by atoms with E-state index in [1.54, 1.807) is 12.3 Å². The highest BCUT2D eigenvalue weighted by Crippen LogP contribution is 2.30. The molecular weight excluding hydrogens is 355 g/mol. The van der Waals surface area contributed by atoms with Crippen LogP contribution in [0.1, 0.15) is 5.56 Å². The average Bonchev–Trinajstić information content (AvgIpc) is 3.16. The first-order valence-corrected chi connectivity index (χ1v) is 8.80. The van der Waals surface area contributed by atoms with E-state index in [0.29, 0.717) is 34.2 Å². The lowest BCUT2D eigenvalue weighted by atomic mass is 10.1. The number of halogens is 1. The first-order chi connectivity index (χ1) is 13.8. The fourth-order valence-corrected chi connectivity index (χ4v) is 3.21. The second-order valence-electron chi connectivity index (χ2n) is 6.30. The van der Waals surface area contributed by atoms with Gasteiger partial charge in [0.1, 0.15) is 18.3 Å². The Kier molecular flexibility index (Phi) is 3.90. The van der Waals surface area contributed by atoms with E-state index in [4.69, 9.17) is 4.98 Å². The van der Waals surface area contributed by atoms with Gasteiger partial charge in [-0.2, -0.15) is 5.10 Å². The predicted octanol–water partition coefficient (Wildman–Crippen LogP) is 4.78. The predicted molar refractivity (Wildman–Crippen MR) is 107 cm³/mol. The standard InChI is InChI=1S/C21H15FN6/c22-12-13-6-1-2-7-14(13)19-24-17-10-4-3-8-15(17)20(25-19)26-21-16-9-5-11-23-18(16)27-28-21/h1-11H,12H2,(H2,23,24,25,26,27,28). The zero-order chi connectivity index (χ0) is 18.9. The molecule has 0 unspecified atom stereocenters. The van der Waals surface area contributed by atoms with Crippen LogP contribution in [0.4, 0.5) is 16.0 Å². The van der Waals surface area contributed by atoms with Gasteiger partial charge in [-0.05, 0) is 29.8 Å². The van der Waals surface area contributed by atoms with E-state index in [1.165, 1.54) is 0 Å². The Morgan fingerprint density at radius 3 is 2.64 bits per heavy atom. The van der Waals surface area contributed by atoms with Gasteiger partial charge in [-0.3, -0.25) is 5.10 Å². The molecule has 0 saturated carbocycles. The van der Waals surface area contributed by atoms with Crippen LogP contribution in [-0.4, -0.2) is 25.1 Å². The fourth-order valence-electron chi connectivity index (χ4n) is 3.21. The molecular formula is C21H15FN6.